The van der Waals surface area contributed by atoms with Gasteiger partial charge in [-0.2, -0.15) is 0 Å². The van der Waals surface area contributed by atoms with Gasteiger partial charge in [0.15, 0.2) is 0 Å². The fourth-order valence-electron chi connectivity index (χ4n) is 1.27. The number of benzene rings is 1. The molecule has 0 saturated heterocycles. The van der Waals surface area contributed by atoms with Gasteiger partial charge in [-0.1, -0.05) is 11.6 Å². The first-order valence-electron chi connectivity index (χ1n) is 4.64. The maximum absolute atomic E-state index is 13.2. The van der Waals surface area contributed by atoms with Crippen LogP contribution in [0.25, 0.3) is 0 Å². The van der Waals surface area contributed by atoms with Crippen LogP contribution in [-0.4, -0.2) is 12.4 Å². The van der Waals surface area contributed by atoms with E-state index in [0.717, 1.165) is 0 Å². The van der Waals surface area contributed by atoms with Crippen LogP contribution in [0.5, 0.6) is 5.75 Å². The molecule has 1 aromatic rings. The van der Waals surface area contributed by atoms with Gasteiger partial charge >= 0.3 is 0 Å². The first-order valence-corrected chi connectivity index (χ1v) is 5.02. The Labute approximate surface area is 93.0 Å². The van der Waals surface area contributed by atoms with E-state index in [4.69, 9.17) is 16.3 Å². The lowest BCUT2D eigenvalue weighted by atomic mass is 10.1. The smallest absolute Gasteiger partial charge is 0.142 e. The summed E-state index contributed by atoms with van der Waals surface area (Å²) in [5.41, 5.74) is 0.534. The third-order valence-electron chi connectivity index (χ3n) is 1.84. The summed E-state index contributed by atoms with van der Waals surface area (Å²) in [4.78, 5) is 11.0. The van der Waals surface area contributed by atoms with E-state index in [2.05, 4.69) is 0 Å². The molecular formula is C11H12ClFO2. The fourth-order valence-corrected chi connectivity index (χ4v) is 1.42. The molecule has 0 aromatic heterocycles. The van der Waals surface area contributed by atoms with Crippen LogP contribution in [0.1, 0.15) is 19.4 Å². The molecule has 0 aliphatic rings. The van der Waals surface area contributed by atoms with Gasteiger partial charge in [-0.05, 0) is 19.9 Å². The number of hydrogen-bond acceptors (Lipinski definition) is 2. The Morgan fingerprint density at radius 3 is 2.73 bits per heavy atom. The minimum Gasteiger partial charge on any atom is -0.494 e. The molecule has 1 rings (SSSR count). The molecule has 0 N–H and O–H groups in total. The van der Waals surface area contributed by atoms with Crippen LogP contribution in [0.3, 0.4) is 0 Å². The highest BCUT2D eigenvalue weighted by Gasteiger charge is 2.11. The lowest BCUT2D eigenvalue weighted by Gasteiger charge is -2.09. The average molecular weight is 231 g/mol. The molecule has 0 aliphatic carbocycles. The number of hydrogen-bond donors (Lipinski definition) is 0. The Kier molecular flexibility index (Phi) is 4.09. The van der Waals surface area contributed by atoms with Gasteiger partial charge in [-0.15, -0.1) is 0 Å². The molecule has 0 atom stereocenters. The molecule has 0 unspecified atom stereocenters. The van der Waals surface area contributed by atoms with E-state index >= 15 is 0 Å². The second-order valence-corrected chi connectivity index (χ2v) is 3.59. The highest BCUT2D eigenvalue weighted by atomic mass is 35.5. The van der Waals surface area contributed by atoms with Crippen molar-refractivity contribution in [3.05, 3.63) is 28.5 Å². The van der Waals surface area contributed by atoms with Gasteiger partial charge in [0.1, 0.15) is 17.3 Å². The highest BCUT2D eigenvalue weighted by Crippen LogP contribution is 2.27. The Balaban J connectivity index is 3.09. The van der Waals surface area contributed by atoms with E-state index in [9.17, 15) is 9.18 Å². The molecule has 0 heterocycles. The molecule has 0 bridgehead atoms. The number of halogens is 2. The van der Waals surface area contributed by atoms with Gasteiger partial charge in [0.2, 0.25) is 0 Å². The van der Waals surface area contributed by atoms with Crippen LogP contribution in [0.2, 0.25) is 5.02 Å². The van der Waals surface area contributed by atoms with Crippen molar-refractivity contribution in [1.29, 1.82) is 0 Å². The lowest BCUT2D eigenvalue weighted by Crippen LogP contribution is -2.02. The van der Waals surface area contributed by atoms with Gasteiger partial charge in [0.05, 0.1) is 11.6 Å². The molecule has 0 amide bonds. The van der Waals surface area contributed by atoms with Crippen molar-refractivity contribution in [3.8, 4) is 5.75 Å². The largest absolute Gasteiger partial charge is 0.494 e. The Bertz CT molecular complexity index is 377. The van der Waals surface area contributed by atoms with Gasteiger partial charge in [0.25, 0.3) is 0 Å². The van der Waals surface area contributed by atoms with Crippen LogP contribution < -0.4 is 4.74 Å². The van der Waals surface area contributed by atoms with E-state index in [1.54, 1.807) is 0 Å². The Morgan fingerprint density at radius 1 is 1.53 bits per heavy atom. The third kappa shape index (κ3) is 3.20. The number of carbonyl (C=O) groups excluding carboxylic acids is 1. The van der Waals surface area contributed by atoms with Crippen molar-refractivity contribution in [3.63, 3.8) is 0 Å². The monoisotopic (exact) mass is 230 g/mol. The molecule has 82 valence electrons. The number of carbonyl (C=O) groups is 1. The maximum atomic E-state index is 13.2. The van der Waals surface area contributed by atoms with Crippen molar-refractivity contribution in [2.24, 2.45) is 0 Å². The summed E-state index contributed by atoms with van der Waals surface area (Å²) < 4.78 is 18.4. The summed E-state index contributed by atoms with van der Waals surface area (Å²) in [6.45, 7) is 3.71. The minimum absolute atomic E-state index is 0.00533. The topological polar surface area (TPSA) is 26.3 Å². The summed E-state index contributed by atoms with van der Waals surface area (Å²) in [5, 5.41) is 0.00533. The van der Waals surface area contributed by atoms with Gasteiger partial charge in [0, 0.05) is 18.1 Å². The SMILES string of the molecule is CCOc1cc(Cl)c(F)cc1CC(C)=O. The van der Waals surface area contributed by atoms with Crippen molar-refractivity contribution in [2.75, 3.05) is 6.61 Å². The standard InChI is InChI=1S/C11H12ClFO2/c1-3-15-11-6-9(12)10(13)5-8(11)4-7(2)14/h5-6H,3-4H2,1-2H3. The molecule has 0 fully saturated rings. The summed E-state index contributed by atoms with van der Waals surface area (Å²) in [5.74, 6) is -0.104. The summed E-state index contributed by atoms with van der Waals surface area (Å²) >= 11 is 5.62. The predicted molar refractivity (Wildman–Crippen MR) is 57.0 cm³/mol. The highest BCUT2D eigenvalue weighted by molar-refractivity contribution is 6.30. The zero-order valence-corrected chi connectivity index (χ0v) is 9.40. The Hall–Kier alpha value is -1.09. The second kappa shape index (κ2) is 5.12. The average Bonchev–Trinajstić information content (AvgIpc) is 2.13. The number of ketones is 1. The molecular weight excluding hydrogens is 219 g/mol. The number of Topliss-reactive ketones (excluding diaryl/α,β-unsaturated/α-hetero) is 1. The third-order valence-corrected chi connectivity index (χ3v) is 2.13. The van der Waals surface area contributed by atoms with Gasteiger partial charge in [-0.3, -0.25) is 4.79 Å². The quantitative estimate of drug-likeness (QED) is 0.795. The summed E-state index contributed by atoms with van der Waals surface area (Å²) in [7, 11) is 0. The number of rotatable bonds is 4. The molecule has 0 aliphatic heterocycles. The summed E-state index contributed by atoms with van der Waals surface area (Å²) in [6.07, 6.45) is 0.156. The van der Waals surface area contributed by atoms with E-state index in [1.807, 2.05) is 6.92 Å². The van der Waals surface area contributed by atoms with Gasteiger partial charge in [-0.25, -0.2) is 4.39 Å². The molecule has 2 nitrogen and oxygen atoms in total. The maximum Gasteiger partial charge on any atom is 0.142 e. The fraction of sp³-hybridized carbons (Fsp3) is 0.364. The van der Waals surface area contributed by atoms with Crippen LogP contribution in [0, 0.1) is 5.82 Å². The van der Waals surface area contributed by atoms with Crippen molar-refractivity contribution < 1.29 is 13.9 Å². The van der Waals surface area contributed by atoms with E-state index in [0.29, 0.717) is 17.9 Å². The first kappa shape index (κ1) is 12.0. The predicted octanol–water partition coefficient (Wildman–Crippen LogP) is 3.01. The molecule has 0 radical (unpaired) electrons. The Morgan fingerprint density at radius 2 is 2.20 bits per heavy atom. The van der Waals surface area contributed by atoms with Crippen molar-refractivity contribution >= 4 is 17.4 Å². The molecule has 4 heteroatoms. The first-order chi connectivity index (χ1) is 7.04. The zero-order chi connectivity index (χ0) is 11.4. The van der Waals surface area contributed by atoms with Crippen molar-refractivity contribution in [2.45, 2.75) is 20.3 Å². The second-order valence-electron chi connectivity index (χ2n) is 3.19. The van der Waals surface area contributed by atoms with Crippen molar-refractivity contribution in [1.82, 2.24) is 0 Å². The molecule has 0 spiro atoms. The summed E-state index contributed by atoms with van der Waals surface area (Å²) in [6, 6.07) is 2.65. The van der Waals surface area contributed by atoms with Crippen LogP contribution in [0.15, 0.2) is 12.1 Å². The lowest BCUT2D eigenvalue weighted by molar-refractivity contribution is -0.116. The number of ether oxygens (including phenoxy) is 1. The van der Waals surface area contributed by atoms with E-state index in [1.165, 1.54) is 19.1 Å². The molecule has 1 aromatic carbocycles. The zero-order valence-electron chi connectivity index (χ0n) is 8.64. The normalized spacial score (nSPS) is 10.1. The van der Waals surface area contributed by atoms with Gasteiger partial charge < -0.3 is 4.74 Å². The van der Waals surface area contributed by atoms with Crippen LogP contribution >= 0.6 is 11.6 Å². The van der Waals surface area contributed by atoms with Crippen LogP contribution in [-0.2, 0) is 11.2 Å². The minimum atomic E-state index is -0.531. The van der Waals surface area contributed by atoms with E-state index < -0.39 is 5.82 Å². The van der Waals surface area contributed by atoms with E-state index in [-0.39, 0.29) is 17.2 Å². The molecule has 15 heavy (non-hydrogen) atoms. The molecule has 0 saturated carbocycles. The van der Waals surface area contributed by atoms with Crippen LogP contribution in [0.4, 0.5) is 4.39 Å².